The van der Waals surface area contributed by atoms with Crippen molar-refractivity contribution in [2.45, 2.75) is 32.4 Å². The van der Waals surface area contributed by atoms with Gasteiger partial charge < -0.3 is 15.2 Å². The van der Waals surface area contributed by atoms with Crippen molar-refractivity contribution in [1.82, 2.24) is 5.32 Å². The normalized spacial score (nSPS) is 12.6. The first-order valence-electron chi connectivity index (χ1n) is 6.43. The number of aliphatic hydroxyl groups excluding tert-OH is 1. The van der Waals surface area contributed by atoms with Gasteiger partial charge in [0.2, 0.25) is 0 Å². The van der Waals surface area contributed by atoms with Crippen molar-refractivity contribution in [3.05, 3.63) is 34.9 Å². The van der Waals surface area contributed by atoms with Crippen LogP contribution >= 0.6 is 11.6 Å². The van der Waals surface area contributed by atoms with Gasteiger partial charge in [0.05, 0.1) is 12.7 Å². The van der Waals surface area contributed by atoms with Gasteiger partial charge in [-0.05, 0) is 24.1 Å². The molecule has 2 N–H and O–H groups in total. The van der Waals surface area contributed by atoms with Gasteiger partial charge in [-0.15, -0.1) is 0 Å². The molecule has 1 atom stereocenters. The number of benzene rings is 1. The molecule has 3 nitrogen and oxygen atoms in total. The Bertz CT molecular complexity index is 333. The molecule has 1 rings (SSSR count). The van der Waals surface area contributed by atoms with E-state index in [-0.39, 0.29) is 0 Å². The summed E-state index contributed by atoms with van der Waals surface area (Å²) in [5.41, 5.74) is 1.11. The second-order valence-corrected chi connectivity index (χ2v) is 4.78. The van der Waals surface area contributed by atoms with Crippen molar-refractivity contribution in [1.29, 1.82) is 0 Å². The van der Waals surface area contributed by atoms with Gasteiger partial charge >= 0.3 is 0 Å². The van der Waals surface area contributed by atoms with Gasteiger partial charge in [-0.1, -0.05) is 37.1 Å². The fourth-order valence-electron chi connectivity index (χ4n) is 1.55. The lowest BCUT2D eigenvalue weighted by Gasteiger charge is -2.12. The van der Waals surface area contributed by atoms with Crippen LogP contribution in [0.3, 0.4) is 0 Å². The van der Waals surface area contributed by atoms with Crippen LogP contribution in [0.2, 0.25) is 5.02 Å². The van der Waals surface area contributed by atoms with Crippen LogP contribution in [-0.2, 0) is 11.3 Å². The van der Waals surface area contributed by atoms with Gasteiger partial charge in [-0.3, -0.25) is 0 Å². The Morgan fingerprint density at radius 1 is 1.44 bits per heavy atom. The van der Waals surface area contributed by atoms with Gasteiger partial charge in [0.1, 0.15) is 0 Å². The minimum absolute atomic E-state index is 0.391. The molecule has 102 valence electrons. The van der Waals surface area contributed by atoms with E-state index in [4.69, 9.17) is 16.3 Å². The lowest BCUT2D eigenvalue weighted by atomic mass is 10.2. The Labute approximate surface area is 114 Å². The van der Waals surface area contributed by atoms with Crippen LogP contribution in [0.4, 0.5) is 0 Å². The number of hydrogen-bond donors (Lipinski definition) is 2. The van der Waals surface area contributed by atoms with E-state index in [0.717, 1.165) is 30.0 Å². The Morgan fingerprint density at radius 3 is 3.00 bits per heavy atom. The topological polar surface area (TPSA) is 41.5 Å². The number of unbranched alkanes of at least 4 members (excludes halogenated alkanes) is 1. The molecule has 0 aliphatic rings. The minimum Gasteiger partial charge on any atom is -0.389 e. The Hall–Kier alpha value is -0.610. The molecule has 0 bridgehead atoms. The fourth-order valence-corrected chi connectivity index (χ4v) is 1.77. The third-order valence-electron chi connectivity index (χ3n) is 2.55. The number of ether oxygens (including phenoxy) is 1. The van der Waals surface area contributed by atoms with E-state index >= 15 is 0 Å². The maximum Gasteiger partial charge on any atom is 0.0897 e. The summed E-state index contributed by atoms with van der Waals surface area (Å²) in [5.74, 6) is 0. The van der Waals surface area contributed by atoms with Crippen molar-refractivity contribution >= 4 is 11.6 Å². The number of halogens is 1. The number of rotatable bonds is 9. The highest BCUT2D eigenvalue weighted by molar-refractivity contribution is 6.30. The minimum atomic E-state index is -0.457. The summed E-state index contributed by atoms with van der Waals surface area (Å²) in [6.07, 6.45) is 1.70. The summed E-state index contributed by atoms with van der Waals surface area (Å²) in [4.78, 5) is 0. The highest BCUT2D eigenvalue weighted by Gasteiger charge is 2.03. The summed E-state index contributed by atoms with van der Waals surface area (Å²) in [7, 11) is 0. The van der Waals surface area contributed by atoms with E-state index in [1.54, 1.807) is 0 Å². The van der Waals surface area contributed by atoms with Crippen molar-refractivity contribution in [3.63, 3.8) is 0 Å². The van der Waals surface area contributed by atoms with Crippen molar-refractivity contribution in [2.24, 2.45) is 0 Å². The lowest BCUT2D eigenvalue weighted by molar-refractivity contribution is 0.0358. The molecular weight excluding hydrogens is 250 g/mol. The molecule has 0 saturated heterocycles. The zero-order valence-corrected chi connectivity index (χ0v) is 11.6. The summed E-state index contributed by atoms with van der Waals surface area (Å²) < 4.78 is 5.35. The standard InChI is InChI=1S/C14H22ClNO2/c1-2-3-7-18-11-14(17)10-16-9-12-5-4-6-13(15)8-12/h4-6,8,14,16-17H,2-3,7,9-11H2,1H3. The van der Waals surface area contributed by atoms with Gasteiger partial charge in [-0.25, -0.2) is 0 Å². The van der Waals surface area contributed by atoms with Crippen LogP contribution in [0.5, 0.6) is 0 Å². The Morgan fingerprint density at radius 2 is 2.28 bits per heavy atom. The molecular formula is C14H22ClNO2. The maximum absolute atomic E-state index is 9.67. The number of hydrogen-bond acceptors (Lipinski definition) is 3. The molecule has 1 aromatic carbocycles. The van der Waals surface area contributed by atoms with E-state index < -0.39 is 6.10 Å². The van der Waals surface area contributed by atoms with Gasteiger partial charge in [0.15, 0.2) is 0 Å². The molecule has 0 spiro atoms. The first-order chi connectivity index (χ1) is 8.72. The van der Waals surface area contributed by atoms with Crippen LogP contribution in [0.15, 0.2) is 24.3 Å². The molecule has 0 aliphatic heterocycles. The molecule has 1 unspecified atom stereocenters. The average Bonchev–Trinajstić information content (AvgIpc) is 2.35. The van der Waals surface area contributed by atoms with Crippen molar-refractivity contribution in [3.8, 4) is 0 Å². The molecule has 18 heavy (non-hydrogen) atoms. The Kier molecular flexibility index (Phi) is 8.01. The SMILES string of the molecule is CCCCOCC(O)CNCc1cccc(Cl)c1. The highest BCUT2D eigenvalue weighted by atomic mass is 35.5. The third kappa shape index (κ3) is 6.97. The smallest absolute Gasteiger partial charge is 0.0897 e. The van der Waals surface area contributed by atoms with E-state index in [1.807, 2.05) is 24.3 Å². The first-order valence-corrected chi connectivity index (χ1v) is 6.81. The summed E-state index contributed by atoms with van der Waals surface area (Å²) in [6, 6.07) is 7.69. The second-order valence-electron chi connectivity index (χ2n) is 4.34. The lowest BCUT2D eigenvalue weighted by Crippen LogP contribution is -2.30. The van der Waals surface area contributed by atoms with Crippen LogP contribution in [0.1, 0.15) is 25.3 Å². The van der Waals surface area contributed by atoms with Crippen molar-refractivity contribution < 1.29 is 9.84 Å². The second kappa shape index (κ2) is 9.34. The van der Waals surface area contributed by atoms with Gasteiger partial charge in [0, 0.05) is 24.7 Å². The number of aliphatic hydroxyl groups is 1. The van der Waals surface area contributed by atoms with E-state index in [1.165, 1.54) is 0 Å². The largest absolute Gasteiger partial charge is 0.389 e. The molecule has 0 heterocycles. The predicted molar refractivity (Wildman–Crippen MR) is 74.9 cm³/mol. The monoisotopic (exact) mass is 271 g/mol. The van der Waals surface area contributed by atoms with E-state index in [0.29, 0.717) is 19.7 Å². The fraction of sp³-hybridized carbons (Fsp3) is 0.571. The maximum atomic E-state index is 9.67. The average molecular weight is 272 g/mol. The molecule has 0 aromatic heterocycles. The van der Waals surface area contributed by atoms with E-state index in [2.05, 4.69) is 12.2 Å². The zero-order valence-electron chi connectivity index (χ0n) is 10.9. The van der Waals surface area contributed by atoms with Crippen LogP contribution in [-0.4, -0.2) is 31.0 Å². The summed E-state index contributed by atoms with van der Waals surface area (Å²) in [5, 5.41) is 13.6. The van der Waals surface area contributed by atoms with Crippen molar-refractivity contribution in [2.75, 3.05) is 19.8 Å². The summed E-state index contributed by atoms with van der Waals surface area (Å²) >= 11 is 5.89. The quantitative estimate of drug-likeness (QED) is 0.679. The van der Waals surface area contributed by atoms with Crippen LogP contribution in [0.25, 0.3) is 0 Å². The molecule has 0 aliphatic carbocycles. The molecule has 0 amide bonds. The highest BCUT2D eigenvalue weighted by Crippen LogP contribution is 2.10. The van der Waals surface area contributed by atoms with E-state index in [9.17, 15) is 5.11 Å². The molecule has 0 fully saturated rings. The first kappa shape index (κ1) is 15.4. The third-order valence-corrected chi connectivity index (χ3v) is 2.79. The van der Waals surface area contributed by atoms with Gasteiger partial charge in [-0.2, -0.15) is 0 Å². The molecule has 0 saturated carbocycles. The van der Waals surface area contributed by atoms with Crippen LogP contribution < -0.4 is 5.32 Å². The molecule has 0 radical (unpaired) electrons. The zero-order chi connectivity index (χ0) is 13.2. The van der Waals surface area contributed by atoms with Gasteiger partial charge in [0.25, 0.3) is 0 Å². The van der Waals surface area contributed by atoms with Crippen LogP contribution in [0, 0.1) is 0 Å². The molecule has 4 heteroatoms. The molecule has 1 aromatic rings. The predicted octanol–water partition coefficient (Wildman–Crippen LogP) is 2.61. The summed E-state index contributed by atoms with van der Waals surface area (Å²) in [6.45, 7) is 4.46. The number of nitrogens with one attached hydrogen (secondary N) is 1. The Balaban J connectivity index is 2.09.